The minimum atomic E-state index is -0.319. The first-order valence-electron chi connectivity index (χ1n) is 10.9. The summed E-state index contributed by atoms with van der Waals surface area (Å²) in [5.41, 5.74) is 1.24. The number of ether oxygens (including phenoxy) is 3. The van der Waals surface area contributed by atoms with Gasteiger partial charge in [0, 0.05) is 29.9 Å². The third kappa shape index (κ3) is 5.28. The SMILES string of the molecule is COc1cc(NC(=O)CN2CCCC(c3nc(-c4ccc(F)cc4)no3)C2)cc(OC)c1OC. The monoisotopic (exact) mass is 470 g/mol. The lowest BCUT2D eigenvalue weighted by atomic mass is 9.98. The Morgan fingerprint density at radius 1 is 1.15 bits per heavy atom. The Labute approximate surface area is 196 Å². The largest absolute Gasteiger partial charge is 0.493 e. The molecule has 9 nitrogen and oxygen atoms in total. The predicted molar refractivity (Wildman–Crippen MR) is 123 cm³/mol. The molecule has 1 aromatic heterocycles. The van der Waals surface area contributed by atoms with Gasteiger partial charge in [-0.3, -0.25) is 9.69 Å². The van der Waals surface area contributed by atoms with Gasteiger partial charge in [0.1, 0.15) is 5.82 Å². The van der Waals surface area contributed by atoms with Crippen LogP contribution in [-0.4, -0.2) is 61.9 Å². The molecule has 0 saturated carbocycles. The number of likely N-dealkylation sites (tertiary alicyclic amines) is 1. The Hall–Kier alpha value is -3.66. The van der Waals surface area contributed by atoms with E-state index in [1.165, 1.54) is 33.5 Å². The smallest absolute Gasteiger partial charge is 0.238 e. The van der Waals surface area contributed by atoms with E-state index in [-0.39, 0.29) is 24.2 Å². The minimum absolute atomic E-state index is 0.0180. The number of benzene rings is 2. The summed E-state index contributed by atoms with van der Waals surface area (Å²) in [7, 11) is 4.57. The number of halogens is 1. The first-order valence-corrected chi connectivity index (χ1v) is 10.9. The van der Waals surface area contributed by atoms with Gasteiger partial charge in [-0.05, 0) is 43.7 Å². The molecule has 1 N–H and O–H groups in total. The number of methoxy groups -OCH3 is 3. The van der Waals surface area contributed by atoms with Crippen LogP contribution in [0.3, 0.4) is 0 Å². The zero-order valence-electron chi connectivity index (χ0n) is 19.3. The Morgan fingerprint density at radius 2 is 1.85 bits per heavy atom. The third-order valence-corrected chi connectivity index (χ3v) is 5.71. The van der Waals surface area contributed by atoms with Gasteiger partial charge in [-0.15, -0.1) is 0 Å². The van der Waals surface area contributed by atoms with Gasteiger partial charge in [-0.25, -0.2) is 4.39 Å². The Balaban J connectivity index is 1.39. The molecule has 1 saturated heterocycles. The summed E-state index contributed by atoms with van der Waals surface area (Å²) in [4.78, 5) is 19.3. The third-order valence-electron chi connectivity index (χ3n) is 5.71. The van der Waals surface area contributed by atoms with Gasteiger partial charge in [0.05, 0.1) is 33.8 Å². The molecule has 4 rings (SSSR count). The molecular weight excluding hydrogens is 443 g/mol. The van der Waals surface area contributed by atoms with Crippen LogP contribution in [-0.2, 0) is 4.79 Å². The van der Waals surface area contributed by atoms with Crippen LogP contribution >= 0.6 is 0 Å². The van der Waals surface area contributed by atoms with Crippen molar-refractivity contribution in [3.05, 3.63) is 48.1 Å². The number of carbonyl (C=O) groups excluding carboxylic acids is 1. The summed E-state index contributed by atoms with van der Waals surface area (Å²) in [6.07, 6.45) is 1.78. The molecule has 1 fully saturated rings. The van der Waals surface area contributed by atoms with Gasteiger partial charge in [-0.1, -0.05) is 5.16 Å². The molecule has 180 valence electrons. The molecule has 3 aromatic rings. The Morgan fingerprint density at radius 3 is 2.50 bits per heavy atom. The van der Waals surface area contributed by atoms with E-state index < -0.39 is 0 Å². The molecule has 0 aliphatic carbocycles. The minimum Gasteiger partial charge on any atom is -0.493 e. The van der Waals surface area contributed by atoms with Gasteiger partial charge >= 0.3 is 0 Å². The summed E-state index contributed by atoms with van der Waals surface area (Å²) in [6, 6.07) is 9.33. The first kappa shape index (κ1) is 23.5. The van der Waals surface area contributed by atoms with Gasteiger partial charge in [0.2, 0.25) is 23.4 Å². The molecule has 1 unspecified atom stereocenters. The molecule has 0 radical (unpaired) electrons. The molecule has 34 heavy (non-hydrogen) atoms. The molecule has 2 heterocycles. The highest BCUT2D eigenvalue weighted by Crippen LogP contribution is 2.40. The van der Waals surface area contributed by atoms with E-state index in [1.807, 2.05) is 0 Å². The van der Waals surface area contributed by atoms with Crippen LogP contribution in [0, 0.1) is 5.82 Å². The topological polar surface area (TPSA) is 99.0 Å². The van der Waals surface area contributed by atoms with Crippen molar-refractivity contribution in [2.75, 3.05) is 46.3 Å². The number of piperidine rings is 1. The molecule has 1 aliphatic rings. The van der Waals surface area contributed by atoms with E-state index >= 15 is 0 Å². The van der Waals surface area contributed by atoms with Crippen molar-refractivity contribution in [2.24, 2.45) is 0 Å². The predicted octanol–water partition coefficient (Wildman–Crippen LogP) is 3.72. The highest BCUT2D eigenvalue weighted by atomic mass is 19.1. The zero-order chi connectivity index (χ0) is 24.1. The van der Waals surface area contributed by atoms with Crippen molar-refractivity contribution < 1.29 is 27.9 Å². The average Bonchev–Trinajstić information content (AvgIpc) is 3.34. The van der Waals surface area contributed by atoms with E-state index in [0.29, 0.717) is 46.8 Å². The number of amides is 1. The van der Waals surface area contributed by atoms with Crippen molar-refractivity contribution in [3.8, 4) is 28.6 Å². The van der Waals surface area contributed by atoms with E-state index in [0.717, 1.165) is 19.4 Å². The maximum Gasteiger partial charge on any atom is 0.238 e. The van der Waals surface area contributed by atoms with Crippen molar-refractivity contribution >= 4 is 11.6 Å². The number of carbonyl (C=O) groups is 1. The van der Waals surface area contributed by atoms with Crippen molar-refractivity contribution in [2.45, 2.75) is 18.8 Å². The van der Waals surface area contributed by atoms with Gasteiger partial charge < -0.3 is 24.1 Å². The standard InChI is InChI=1S/C24H27FN4O5/c1-31-19-11-18(12-20(32-2)22(19)33-3)26-21(30)14-29-10-4-5-16(13-29)24-27-23(28-34-24)15-6-8-17(25)9-7-15/h6-9,11-12,16H,4-5,10,13-14H2,1-3H3,(H,26,30). The molecule has 0 spiro atoms. The maximum atomic E-state index is 13.2. The van der Waals surface area contributed by atoms with E-state index in [4.69, 9.17) is 18.7 Å². The number of anilines is 1. The normalized spacial score (nSPS) is 16.2. The summed E-state index contributed by atoms with van der Waals surface area (Å²) >= 11 is 0. The number of hydrogen-bond acceptors (Lipinski definition) is 8. The molecule has 2 aromatic carbocycles. The fourth-order valence-corrected chi connectivity index (χ4v) is 4.07. The summed E-state index contributed by atoms with van der Waals surface area (Å²) in [5.74, 6) is 1.87. The number of hydrogen-bond donors (Lipinski definition) is 1. The lowest BCUT2D eigenvalue weighted by Crippen LogP contribution is -2.39. The van der Waals surface area contributed by atoms with E-state index in [9.17, 15) is 9.18 Å². The van der Waals surface area contributed by atoms with Crippen LogP contribution < -0.4 is 19.5 Å². The van der Waals surface area contributed by atoms with Crippen LogP contribution in [0.15, 0.2) is 40.9 Å². The lowest BCUT2D eigenvalue weighted by molar-refractivity contribution is -0.117. The van der Waals surface area contributed by atoms with Crippen LogP contribution in [0.5, 0.6) is 17.2 Å². The number of nitrogens with one attached hydrogen (secondary N) is 1. The van der Waals surface area contributed by atoms with Crippen molar-refractivity contribution in [3.63, 3.8) is 0 Å². The second-order valence-electron chi connectivity index (χ2n) is 8.00. The Bertz CT molecular complexity index is 1110. The van der Waals surface area contributed by atoms with Crippen LogP contribution in [0.25, 0.3) is 11.4 Å². The highest BCUT2D eigenvalue weighted by molar-refractivity contribution is 5.93. The molecule has 1 aliphatic heterocycles. The summed E-state index contributed by atoms with van der Waals surface area (Å²) < 4.78 is 34.7. The second kappa shape index (κ2) is 10.5. The molecule has 1 atom stereocenters. The van der Waals surface area contributed by atoms with Gasteiger partial charge in [0.25, 0.3) is 0 Å². The fourth-order valence-electron chi connectivity index (χ4n) is 4.07. The van der Waals surface area contributed by atoms with Crippen molar-refractivity contribution in [1.82, 2.24) is 15.0 Å². The van der Waals surface area contributed by atoms with E-state index in [1.54, 1.807) is 24.3 Å². The number of aromatic nitrogens is 2. The van der Waals surface area contributed by atoms with Crippen molar-refractivity contribution in [1.29, 1.82) is 0 Å². The maximum absolute atomic E-state index is 13.2. The van der Waals surface area contributed by atoms with Gasteiger partial charge in [0.15, 0.2) is 11.5 Å². The van der Waals surface area contributed by atoms with E-state index in [2.05, 4.69) is 20.4 Å². The van der Waals surface area contributed by atoms with Crippen LogP contribution in [0.4, 0.5) is 10.1 Å². The Kier molecular flexibility index (Phi) is 7.27. The van der Waals surface area contributed by atoms with Crippen LogP contribution in [0.1, 0.15) is 24.7 Å². The molecule has 1 amide bonds. The quantitative estimate of drug-likeness (QED) is 0.532. The average molecular weight is 471 g/mol. The summed E-state index contributed by atoms with van der Waals surface area (Å²) in [6.45, 7) is 1.62. The molecular formula is C24H27FN4O5. The molecule has 10 heteroatoms. The first-order chi connectivity index (χ1) is 16.5. The highest BCUT2D eigenvalue weighted by Gasteiger charge is 2.27. The number of rotatable bonds is 8. The fraction of sp³-hybridized carbons (Fsp3) is 0.375. The lowest BCUT2D eigenvalue weighted by Gasteiger charge is -2.30. The second-order valence-corrected chi connectivity index (χ2v) is 8.00. The van der Waals surface area contributed by atoms with Crippen LogP contribution in [0.2, 0.25) is 0 Å². The summed E-state index contributed by atoms with van der Waals surface area (Å²) in [5, 5.41) is 6.94. The van der Waals surface area contributed by atoms with Gasteiger partial charge in [-0.2, -0.15) is 4.98 Å². The zero-order valence-corrected chi connectivity index (χ0v) is 19.3. The molecule has 0 bridgehead atoms. The number of nitrogens with zero attached hydrogens (tertiary/aromatic N) is 3.